The van der Waals surface area contributed by atoms with Crippen LogP contribution in [0.3, 0.4) is 0 Å². The van der Waals surface area contributed by atoms with Crippen molar-refractivity contribution in [3.8, 4) is 0 Å². The van der Waals surface area contributed by atoms with Gasteiger partial charge in [-0.1, -0.05) is 19.3 Å². The van der Waals surface area contributed by atoms with Crippen molar-refractivity contribution in [2.75, 3.05) is 13.2 Å². The van der Waals surface area contributed by atoms with E-state index in [-0.39, 0.29) is 31.4 Å². The lowest BCUT2D eigenvalue weighted by Crippen LogP contribution is -2.37. The summed E-state index contributed by atoms with van der Waals surface area (Å²) in [7, 11) is 0. The Morgan fingerprint density at radius 2 is 1.89 bits per heavy atom. The highest BCUT2D eigenvalue weighted by molar-refractivity contribution is 5.98. The fraction of sp³-hybridized carbons (Fsp3) is 0.769. The Morgan fingerprint density at radius 1 is 1.21 bits per heavy atom. The van der Waals surface area contributed by atoms with Crippen molar-refractivity contribution in [3.05, 3.63) is 0 Å². The van der Waals surface area contributed by atoms with Gasteiger partial charge in [-0.25, -0.2) is 4.79 Å². The molecule has 0 aromatic carbocycles. The monoisotopic (exact) mass is 270 g/mol. The SMILES string of the molecule is CCOC(=O)CC(=N)COC(=O)NC1CCCCC1. The molecule has 6 nitrogen and oxygen atoms in total. The van der Waals surface area contributed by atoms with Crippen LogP contribution in [0.5, 0.6) is 0 Å². The van der Waals surface area contributed by atoms with Crippen LogP contribution in [0.15, 0.2) is 0 Å². The summed E-state index contributed by atoms with van der Waals surface area (Å²) in [4.78, 5) is 22.6. The summed E-state index contributed by atoms with van der Waals surface area (Å²) in [6.45, 7) is 1.82. The lowest BCUT2D eigenvalue weighted by atomic mass is 9.96. The first-order valence-corrected chi connectivity index (χ1v) is 6.77. The Kier molecular flexibility index (Phi) is 6.92. The quantitative estimate of drug-likeness (QED) is 0.571. The molecule has 6 heteroatoms. The zero-order chi connectivity index (χ0) is 14.1. The van der Waals surface area contributed by atoms with Gasteiger partial charge in [-0.3, -0.25) is 4.79 Å². The van der Waals surface area contributed by atoms with Gasteiger partial charge in [0.2, 0.25) is 0 Å². The third-order valence-corrected chi connectivity index (χ3v) is 2.97. The molecular formula is C13H22N2O4. The van der Waals surface area contributed by atoms with Crippen molar-refractivity contribution in [2.24, 2.45) is 0 Å². The molecule has 0 saturated heterocycles. The summed E-state index contributed by atoms with van der Waals surface area (Å²) in [5.41, 5.74) is 0.0391. The van der Waals surface area contributed by atoms with E-state index in [0.29, 0.717) is 0 Å². The summed E-state index contributed by atoms with van der Waals surface area (Å²) in [5.74, 6) is -0.469. The molecule has 0 spiro atoms. The van der Waals surface area contributed by atoms with Gasteiger partial charge in [-0.05, 0) is 19.8 Å². The molecular weight excluding hydrogens is 248 g/mol. The van der Waals surface area contributed by atoms with Crippen LogP contribution in [-0.4, -0.2) is 37.0 Å². The Morgan fingerprint density at radius 3 is 2.53 bits per heavy atom. The molecule has 19 heavy (non-hydrogen) atoms. The minimum atomic E-state index is -0.513. The zero-order valence-corrected chi connectivity index (χ0v) is 11.4. The fourth-order valence-corrected chi connectivity index (χ4v) is 2.05. The molecule has 2 N–H and O–H groups in total. The van der Waals surface area contributed by atoms with Crippen molar-refractivity contribution < 1.29 is 19.1 Å². The number of carbonyl (C=O) groups is 2. The van der Waals surface area contributed by atoms with Gasteiger partial charge in [-0.15, -0.1) is 0 Å². The number of esters is 1. The van der Waals surface area contributed by atoms with Crippen LogP contribution in [0.4, 0.5) is 4.79 Å². The molecule has 0 heterocycles. The molecule has 0 atom stereocenters. The van der Waals surface area contributed by atoms with Gasteiger partial charge in [0, 0.05) is 6.04 Å². The fourth-order valence-electron chi connectivity index (χ4n) is 2.05. The van der Waals surface area contributed by atoms with E-state index in [0.717, 1.165) is 25.7 Å². The van der Waals surface area contributed by atoms with Gasteiger partial charge in [0.05, 0.1) is 18.7 Å². The number of alkyl carbamates (subject to hydrolysis) is 1. The van der Waals surface area contributed by atoms with Crippen LogP contribution in [0.1, 0.15) is 45.4 Å². The van der Waals surface area contributed by atoms with E-state index in [1.54, 1.807) is 6.92 Å². The van der Waals surface area contributed by atoms with E-state index in [9.17, 15) is 9.59 Å². The lowest BCUT2D eigenvalue weighted by Gasteiger charge is -2.22. The third-order valence-electron chi connectivity index (χ3n) is 2.97. The van der Waals surface area contributed by atoms with E-state index < -0.39 is 12.1 Å². The highest BCUT2D eigenvalue weighted by atomic mass is 16.5. The van der Waals surface area contributed by atoms with E-state index in [1.165, 1.54) is 6.42 Å². The number of ether oxygens (including phenoxy) is 2. The van der Waals surface area contributed by atoms with Gasteiger partial charge in [0.25, 0.3) is 0 Å². The van der Waals surface area contributed by atoms with Crippen molar-refractivity contribution >= 4 is 17.8 Å². The van der Waals surface area contributed by atoms with Crippen molar-refractivity contribution in [2.45, 2.75) is 51.5 Å². The second kappa shape index (κ2) is 8.50. The van der Waals surface area contributed by atoms with Crippen molar-refractivity contribution in [1.29, 1.82) is 5.41 Å². The summed E-state index contributed by atoms with van der Waals surface area (Å²) < 4.78 is 9.61. The number of hydrogen-bond donors (Lipinski definition) is 2. The van der Waals surface area contributed by atoms with Gasteiger partial charge in [0.15, 0.2) is 0 Å². The number of rotatable bonds is 6. The van der Waals surface area contributed by atoms with E-state index in [2.05, 4.69) is 5.32 Å². The first-order valence-electron chi connectivity index (χ1n) is 6.77. The smallest absolute Gasteiger partial charge is 0.407 e. The number of hydrogen-bond acceptors (Lipinski definition) is 5. The molecule has 1 fully saturated rings. The molecule has 1 saturated carbocycles. The van der Waals surface area contributed by atoms with Crippen molar-refractivity contribution in [1.82, 2.24) is 5.32 Å². The average Bonchev–Trinajstić information content (AvgIpc) is 2.38. The van der Waals surface area contributed by atoms with Crippen molar-refractivity contribution in [3.63, 3.8) is 0 Å². The number of amides is 1. The lowest BCUT2D eigenvalue weighted by molar-refractivity contribution is -0.141. The maximum atomic E-state index is 11.5. The topological polar surface area (TPSA) is 88.5 Å². The highest BCUT2D eigenvalue weighted by Gasteiger charge is 2.17. The highest BCUT2D eigenvalue weighted by Crippen LogP contribution is 2.17. The first kappa shape index (κ1) is 15.5. The standard InChI is InChI=1S/C13H22N2O4/c1-2-18-12(16)8-10(14)9-19-13(17)15-11-6-4-3-5-7-11/h11,14H,2-9H2,1H3,(H,15,17). The maximum absolute atomic E-state index is 11.5. The summed E-state index contributed by atoms with van der Waals surface area (Å²) >= 11 is 0. The molecule has 1 aliphatic carbocycles. The number of carbonyl (C=O) groups excluding carboxylic acids is 2. The van der Waals surface area contributed by atoms with Gasteiger partial charge in [0.1, 0.15) is 6.61 Å². The molecule has 0 unspecified atom stereocenters. The molecule has 0 aromatic heterocycles. The van der Waals surface area contributed by atoms with Crippen LogP contribution in [0.2, 0.25) is 0 Å². The predicted octanol–water partition coefficient (Wildman–Crippen LogP) is 2.02. The molecule has 0 aromatic rings. The Balaban J connectivity index is 2.14. The van der Waals surface area contributed by atoms with Gasteiger partial charge < -0.3 is 20.2 Å². The van der Waals surface area contributed by atoms with E-state index in [1.807, 2.05) is 0 Å². The molecule has 0 aliphatic heterocycles. The van der Waals surface area contributed by atoms with Crippen LogP contribution in [0.25, 0.3) is 0 Å². The Bertz CT molecular complexity index is 325. The van der Waals surface area contributed by atoms with Crippen LogP contribution < -0.4 is 5.32 Å². The van der Waals surface area contributed by atoms with E-state index >= 15 is 0 Å². The van der Waals surface area contributed by atoms with Crippen LogP contribution in [0, 0.1) is 5.41 Å². The minimum absolute atomic E-state index is 0.0391. The zero-order valence-electron chi connectivity index (χ0n) is 11.4. The molecule has 1 amide bonds. The minimum Gasteiger partial charge on any atom is -0.466 e. The molecule has 108 valence electrons. The predicted molar refractivity (Wildman–Crippen MR) is 70.3 cm³/mol. The third kappa shape index (κ3) is 6.79. The second-order valence-corrected chi connectivity index (χ2v) is 4.64. The molecule has 0 radical (unpaired) electrons. The Labute approximate surface area is 113 Å². The Hall–Kier alpha value is -1.59. The summed E-state index contributed by atoms with van der Waals surface area (Å²) in [5, 5.41) is 10.3. The second-order valence-electron chi connectivity index (χ2n) is 4.64. The average molecular weight is 270 g/mol. The normalized spacial score (nSPS) is 15.6. The summed E-state index contributed by atoms with van der Waals surface area (Å²) in [6, 6.07) is 0.181. The van der Waals surface area contributed by atoms with Crippen LogP contribution in [-0.2, 0) is 14.3 Å². The maximum Gasteiger partial charge on any atom is 0.407 e. The summed E-state index contributed by atoms with van der Waals surface area (Å²) in [6.07, 6.45) is 4.79. The van der Waals surface area contributed by atoms with Gasteiger partial charge >= 0.3 is 12.1 Å². The van der Waals surface area contributed by atoms with E-state index in [4.69, 9.17) is 14.9 Å². The molecule has 1 aliphatic rings. The largest absolute Gasteiger partial charge is 0.466 e. The number of nitrogens with one attached hydrogen (secondary N) is 2. The molecule has 0 bridgehead atoms. The molecule has 1 rings (SSSR count). The first-order chi connectivity index (χ1) is 9.11. The van der Waals surface area contributed by atoms with Crippen LogP contribution >= 0.6 is 0 Å². The van der Waals surface area contributed by atoms with Gasteiger partial charge in [-0.2, -0.15) is 0 Å².